The molecule has 5 heteroatoms. The number of hydrogen-bond acceptors (Lipinski definition) is 4. The Balaban J connectivity index is 2.35. The van der Waals surface area contributed by atoms with Crippen molar-refractivity contribution in [1.82, 2.24) is 0 Å². The van der Waals surface area contributed by atoms with Gasteiger partial charge >= 0.3 is 5.97 Å². The maximum atomic E-state index is 11.3. The molecule has 0 amide bonds. The topological polar surface area (TPSA) is 75.8 Å². The number of anilines is 2. The smallest absolute Gasteiger partial charge is 0.337 e. The van der Waals surface area contributed by atoms with Gasteiger partial charge in [0, 0.05) is 18.8 Å². The van der Waals surface area contributed by atoms with Crippen LogP contribution in [0.4, 0.5) is 11.4 Å². The molecule has 1 fully saturated rings. The first kappa shape index (κ1) is 12.7. The van der Waals surface area contributed by atoms with E-state index in [9.17, 15) is 9.90 Å². The number of morpholine rings is 1. The summed E-state index contributed by atoms with van der Waals surface area (Å²) < 4.78 is 5.65. The minimum Gasteiger partial charge on any atom is -0.478 e. The van der Waals surface area contributed by atoms with Gasteiger partial charge < -0.3 is 20.5 Å². The molecule has 0 radical (unpaired) electrons. The van der Waals surface area contributed by atoms with E-state index in [2.05, 4.69) is 0 Å². The van der Waals surface area contributed by atoms with Gasteiger partial charge in [0.25, 0.3) is 0 Å². The van der Waals surface area contributed by atoms with Crippen LogP contribution in [0.25, 0.3) is 0 Å². The number of hydrogen-bond donors (Lipinski definition) is 2. The second kappa shape index (κ2) is 4.86. The highest BCUT2D eigenvalue weighted by Crippen LogP contribution is 2.26. The van der Waals surface area contributed by atoms with Crippen LogP contribution in [0.1, 0.15) is 24.2 Å². The summed E-state index contributed by atoms with van der Waals surface area (Å²) in [4.78, 5) is 13.3. The molecule has 2 atom stereocenters. The number of ether oxygens (including phenoxy) is 1. The van der Waals surface area contributed by atoms with Crippen LogP contribution >= 0.6 is 0 Å². The number of benzene rings is 1. The maximum absolute atomic E-state index is 11.3. The van der Waals surface area contributed by atoms with Crippen molar-refractivity contribution in [1.29, 1.82) is 0 Å². The van der Waals surface area contributed by atoms with Crippen LogP contribution in [0, 0.1) is 0 Å². The van der Waals surface area contributed by atoms with Crippen molar-refractivity contribution < 1.29 is 14.6 Å². The fourth-order valence-corrected chi connectivity index (χ4v) is 2.38. The Kier molecular flexibility index (Phi) is 3.43. The monoisotopic (exact) mass is 250 g/mol. The summed E-state index contributed by atoms with van der Waals surface area (Å²) in [5.41, 5.74) is 7.06. The van der Waals surface area contributed by atoms with E-state index in [1.807, 2.05) is 18.7 Å². The van der Waals surface area contributed by atoms with Crippen molar-refractivity contribution in [3.8, 4) is 0 Å². The Hall–Kier alpha value is -1.75. The van der Waals surface area contributed by atoms with Crippen molar-refractivity contribution in [3.05, 3.63) is 23.8 Å². The Morgan fingerprint density at radius 2 is 2.00 bits per heavy atom. The number of nitrogen functional groups attached to an aromatic ring is 1. The number of aromatic carboxylic acids is 1. The SMILES string of the molecule is CC1CN(c2ccc(N)cc2C(=O)O)CC(C)O1. The molecule has 1 aromatic carbocycles. The molecule has 0 saturated carbocycles. The van der Waals surface area contributed by atoms with Gasteiger partial charge in [-0.25, -0.2) is 4.79 Å². The molecule has 0 spiro atoms. The lowest BCUT2D eigenvalue weighted by atomic mass is 10.1. The summed E-state index contributed by atoms with van der Waals surface area (Å²) >= 11 is 0. The number of nitrogens with zero attached hydrogens (tertiary/aromatic N) is 1. The van der Waals surface area contributed by atoms with Gasteiger partial charge in [0.15, 0.2) is 0 Å². The third-order valence-electron chi connectivity index (χ3n) is 3.01. The Morgan fingerprint density at radius 3 is 2.56 bits per heavy atom. The molecule has 0 aromatic heterocycles. The quantitative estimate of drug-likeness (QED) is 0.779. The molecule has 5 nitrogen and oxygen atoms in total. The summed E-state index contributed by atoms with van der Waals surface area (Å²) in [7, 11) is 0. The van der Waals surface area contributed by atoms with E-state index >= 15 is 0 Å². The third kappa shape index (κ3) is 2.56. The second-order valence-electron chi connectivity index (χ2n) is 4.74. The lowest BCUT2D eigenvalue weighted by Crippen LogP contribution is -2.46. The molecule has 2 rings (SSSR count). The highest BCUT2D eigenvalue weighted by Gasteiger charge is 2.25. The fourth-order valence-electron chi connectivity index (χ4n) is 2.38. The van der Waals surface area contributed by atoms with Gasteiger partial charge in [-0.3, -0.25) is 0 Å². The maximum Gasteiger partial charge on any atom is 0.337 e. The van der Waals surface area contributed by atoms with Gasteiger partial charge in [0.2, 0.25) is 0 Å². The fraction of sp³-hybridized carbons (Fsp3) is 0.462. The molecule has 0 bridgehead atoms. The van der Waals surface area contributed by atoms with E-state index in [1.54, 1.807) is 12.1 Å². The van der Waals surface area contributed by atoms with Crippen molar-refractivity contribution >= 4 is 17.3 Å². The largest absolute Gasteiger partial charge is 0.478 e. The van der Waals surface area contributed by atoms with Crippen LogP contribution in [0.2, 0.25) is 0 Å². The standard InChI is InChI=1S/C13H18N2O3/c1-8-6-15(7-9(2)18-8)12-4-3-10(14)5-11(12)13(16)17/h3-5,8-9H,6-7,14H2,1-2H3,(H,16,17). The minimum atomic E-state index is -0.955. The van der Waals surface area contributed by atoms with E-state index in [0.717, 1.165) is 0 Å². The average Bonchev–Trinajstić information content (AvgIpc) is 2.27. The van der Waals surface area contributed by atoms with Crippen molar-refractivity contribution in [3.63, 3.8) is 0 Å². The normalized spacial score (nSPS) is 24.0. The molecule has 1 saturated heterocycles. The van der Waals surface area contributed by atoms with E-state index in [4.69, 9.17) is 10.5 Å². The van der Waals surface area contributed by atoms with Gasteiger partial charge in [-0.1, -0.05) is 0 Å². The van der Waals surface area contributed by atoms with Crippen LogP contribution in [0.15, 0.2) is 18.2 Å². The Morgan fingerprint density at radius 1 is 1.39 bits per heavy atom. The molecule has 18 heavy (non-hydrogen) atoms. The third-order valence-corrected chi connectivity index (χ3v) is 3.01. The first-order valence-electron chi connectivity index (χ1n) is 6.00. The number of rotatable bonds is 2. The molecule has 1 aliphatic heterocycles. The molecular formula is C13H18N2O3. The van der Waals surface area contributed by atoms with Gasteiger partial charge in [-0.15, -0.1) is 0 Å². The summed E-state index contributed by atoms with van der Waals surface area (Å²) in [6.45, 7) is 5.35. The number of carboxylic acids is 1. The predicted molar refractivity (Wildman–Crippen MR) is 70.0 cm³/mol. The Bertz CT molecular complexity index is 452. The van der Waals surface area contributed by atoms with E-state index in [-0.39, 0.29) is 17.8 Å². The first-order chi connectivity index (χ1) is 8.47. The van der Waals surface area contributed by atoms with Gasteiger partial charge in [0.1, 0.15) is 0 Å². The van der Waals surface area contributed by atoms with Gasteiger partial charge in [0.05, 0.1) is 23.5 Å². The number of carbonyl (C=O) groups is 1. The minimum absolute atomic E-state index is 0.0907. The summed E-state index contributed by atoms with van der Waals surface area (Å²) in [6, 6.07) is 5.00. The zero-order chi connectivity index (χ0) is 13.3. The van der Waals surface area contributed by atoms with E-state index in [1.165, 1.54) is 6.07 Å². The van der Waals surface area contributed by atoms with Gasteiger partial charge in [-0.05, 0) is 32.0 Å². The number of nitrogens with two attached hydrogens (primary N) is 1. The zero-order valence-corrected chi connectivity index (χ0v) is 10.6. The van der Waals surface area contributed by atoms with Crippen LogP contribution in [-0.4, -0.2) is 36.4 Å². The summed E-state index contributed by atoms with van der Waals surface area (Å²) in [5.74, 6) is -0.955. The van der Waals surface area contributed by atoms with Crippen LogP contribution in [0.3, 0.4) is 0 Å². The van der Waals surface area contributed by atoms with E-state index in [0.29, 0.717) is 24.5 Å². The zero-order valence-electron chi connectivity index (χ0n) is 10.6. The summed E-state index contributed by atoms with van der Waals surface area (Å²) in [6.07, 6.45) is 0.181. The van der Waals surface area contributed by atoms with Crippen LogP contribution in [-0.2, 0) is 4.74 Å². The highest BCUT2D eigenvalue weighted by atomic mass is 16.5. The Labute approximate surface area is 106 Å². The molecule has 98 valence electrons. The van der Waals surface area contributed by atoms with Crippen molar-refractivity contribution in [2.75, 3.05) is 23.7 Å². The predicted octanol–water partition coefficient (Wildman–Crippen LogP) is 1.58. The molecule has 1 heterocycles. The molecule has 3 N–H and O–H groups in total. The highest BCUT2D eigenvalue weighted by molar-refractivity contribution is 5.95. The summed E-state index contributed by atoms with van der Waals surface area (Å²) in [5, 5.41) is 9.24. The van der Waals surface area contributed by atoms with Crippen LogP contribution in [0.5, 0.6) is 0 Å². The first-order valence-corrected chi connectivity index (χ1v) is 6.00. The van der Waals surface area contributed by atoms with Crippen LogP contribution < -0.4 is 10.6 Å². The lowest BCUT2D eigenvalue weighted by Gasteiger charge is -2.37. The molecule has 1 aromatic rings. The van der Waals surface area contributed by atoms with Gasteiger partial charge in [-0.2, -0.15) is 0 Å². The van der Waals surface area contributed by atoms with Crippen molar-refractivity contribution in [2.24, 2.45) is 0 Å². The molecule has 1 aliphatic rings. The molecule has 0 aliphatic carbocycles. The average molecular weight is 250 g/mol. The van der Waals surface area contributed by atoms with E-state index < -0.39 is 5.97 Å². The number of carboxylic acid groups (broad SMARTS) is 1. The lowest BCUT2D eigenvalue weighted by molar-refractivity contribution is -0.00531. The second-order valence-corrected chi connectivity index (χ2v) is 4.74. The molecular weight excluding hydrogens is 232 g/mol. The molecule has 2 unspecified atom stereocenters. The van der Waals surface area contributed by atoms with Crippen molar-refractivity contribution in [2.45, 2.75) is 26.1 Å².